The first-order valence-corrected chi connectivity index (χ1v) is 11.0. The largest absolute Gasteiger partial charge is 0.454 e. The van der Waals surface area contributed by atoms with E-state index in [0.29, 0.717) is 11.3 Å². The number of anilines is 1. The minimum absolute atomic E-state index is 0.127. The van der Waals surface area contributed by atoms with E-state index >= 15 is 0 Å². The van der Waals surface area contributed by atoms with E-state index in [2.05, 4.69) is 15.7 Å². The summed E-state index contributed by atoms with van der Waals surface area (Å²) in [5, 5.41) is 8.26. The van der Waals surface area contributed by atoms with Crippen molar-refractivity contribution < 1.29 is 19.1 Å². The number of benzene rings is 2. The van der Waals surface area contributed by atoms with E-state index in [1.165, 1.54) is 12.1 Å². The summed E-state index contributed by atoms with van der Waals surface area (Å²) in [6.45, 7) is -1.18. The van der Waals surface area contributed by atoms with E-state index in [4.69, 9.17) is 4.74 Å². The molecule has 1 aliphatic rings. The summed E-state index contributed by atoms with van der Waals surface area (Å²) in [5.41, 5.74) is -0.462. The minimum Gasteiger partial charge on any atom is -0.454 e. The van der Waals surface area contributed by atoms with Gasteiger partial charge in [-0.3, -0.25) is 29.1 Å². The lowest BCUT2D eigenvalue weighted by Crippen LogP contribution is -2.34. The summed E-state index contributed by atoms with van der Waals surface area (Å²) < 4.78 is 5.80. The summed E-state index contributed by atoms with van der Waals surface area (Å²) in [7, 11) is 0. The normalized spacial score (nSPS) is 13.5. The van der Waals surface area contributed by atoms with Crippen molar-refractivity contribution >= 4 is 34.2 Å². The van der Waals surface area contributed by atoms with Crippen LogP contribution in [0.4, 0.5) is 5.69 Å². The van der Waals surface area contributed by atoms with Crippen LogP contribution < -0.4 is 21.8 Å². The number of aromatic amines is 1. The van der Waals surface area contributed by atoms with Crippen LogP contribution in [-0.2, 0) is 20.9 Å². The lowest BCUT2D eigenvalue weighted by atomic mass is 10.1. The van der Waals surface area contributed by atoms with Crippen LogP contribution in [0.5, 0.6) is 0 Å². The molecule has 2 amide bonds. The Labute approximate surface area is 193 Å². The van der Waals surface area contributed by atoms with Gasteiger partial charge in [-0.15, -0.1) is 0 Å². The van der Waals surface area contributed by atoms with Gasteiger partial charge in [0.25, 0.3) is 22.9 Å². The highest BCUT2D eigenvalue weighted by Gasteiger charge is 2.20. The van der Waals surface area contributed by atoms with Gasteiger partial charge in [-0.2, -0.15) is 0 Å². The second-order valence-corrected chi connectivity index (χ2v) is 8.09. The Morgan fingerprint density at radius 3 is 2.41 bits per heavy atom. The molecule has 1 aromatic heterocycles. The number of nitrogens with one attached hydrogen (secondary N) is 3. The van der Waals surface area contributed by atoms with Crippen LogP contribution in [0.3, 0.4) is 0 Å². The molecule has 0 saturated heterocycles. The highest BCUT2D eigenvalue weighted by Crippen LogP contribution is 2.20. The zero-order valence-corrected chi connectivity index (χ0v) is 18.3. The third kappa shape index (κ3) is 5.22. The van der Waals surface area contributed by atoms with Crippen LogP contribution in [0.15, 0.2) is 58.1 Å². The predicted molar refractivity (Wildman–Crippen MR) is 125 cm³/mol. The molecule has 0 spiro atoms. The van der Waals surface area contributed by atoms with Gasteiger partial charge in [0.1, 0.15) is 6.54 Å². The molecule has 4 rings (SSSR count). The van der Waals surface area contributed by atoms with E-state index in [1.807, 2.05) is 0 Å². The van der Waals surface area contributed by atoms with Gasteiger partial charge in [-0.25, -0.2) is 4.68 Å². The molecular weight excluding hydrogens is 440 g/mol. The van der Waals surface area contributed by atoms with Crippen LogP contribution in [0.25, 0.3) is 10.8 Å². The summed E-state index contributed by atoms with van der Waals surface area (Å²) in [4.78, 5) is 61.8. The second-order valence-electron chi connectivity index (χ2n) is 8.09. The topological polar surface area (TPSA) is 139 Å². The Kier molecular flexibility index (Phi) is 6.86. The highest BCUT2D eigenvalue weighted by molar-refractivity contribution is 6.04. The molecule has 10 heteroatoms. The number of nitrogens with zero attached hydrogens (tertiary/aromatic N) is 1. The van der Waals surface area contributed by atoms with Gasteiger partial charge in [-0.1, -0.05) is 37.1 Å². The predicted octanol–water partition coefficient (Wildman–Crippen LogP) is 1.54. The SMILES string of the molecule is O=C(COC(=O)Cn1[nH]c(=O)c2ccccc2c1=O)Nc1ccccc1C(=O)NC1CCCC1. The molecule has 3 aromatic rings. The first kappa shape index (κ1) is 23.0. The summed E-state index contributed by atoms with van der Waals surface area (Å²) in [5.74, 6) is -1.80. The van der Waals surface area contributed by atoms with Gasteiger partial charge < -0.3 is 15.4 Å². The molecule has 1 fully saturated rings. The zero-order chi connectivity index (χ0) is 24.1. The fraction of sp³-hybridized carbons (Fsp3) is 0.292. The Morgan fingerprint density at radius 2 is 1.65 bits per heavy atom. The maximum absolute atomic E-state index is 12.6. The molecule has 1 heterocycles. The zero-order valence-electron chi connectivity index (χ0n) is 18.3. The molecule has 1 saturated carbocycles. The van der Waals surface area contributed by atoms with E-state index in [-0.39, 0.29) is 22.7 Å². The Balaban J connectivity index is 1.36. The van der Waals surface area contributed by atoms with E-state index in [1.54, 1.807) is 36.4 Å². The number of hydrogen-bond acceptors (Lipinski definition) is 6. The monoisotopic (exact) mass is 464 g/mol. The molecule has 0 radical (unpaired) electrons. The number of H-pyrrole nitrogens is 1. The molecule has 0 aliphatic heterocycles. The third-order valence-corrected chi connectivity index (χ3v) is 5.67. The van der Waals surface area contributed by atoms with Crippen LogP contribution in [0, 0.1) is 0 Å². The number of esters is 1. The Morgan fingerprint density at radius 1 is 0.971 bits per heavy atom. The molecule has 2 aromatic carbocycles. The van der Waals surface area contributed by atoms with Gasteiger partial charge in [-0.05, 0) is 37.1 Å². The van der Waals surface area contributed by atoms with Crippen molar-refractivity contribution in [2.75, 3.05) is 11.9 Å². The Bertz CT molecular complexity index is 1350. The van der Waals surface area contributed by atoms with Crippen molar-refractivity contribution in [1.82, 2.24) is 15.1 Å². The number of rotatable bonds is 7. The molecular formula is C24H24N4O6. The van der Waals surface area contributed by atoms with Gasteiger partial charge in [0, 0.05) is 6.04 Å². The average Bonchev–Trinajstić information content (AvgIpc) is 3.34. The summed E-state index contributed by atoms with van der Waals surface area (Å²) in [6.07, 6.45) is 4.02. The van der Waals surface area contributed by atoms with Crippen LogP contribution in [0.1, 0.15) is 36.0 Å². The van der Waals surface area contributed by atoms with Crippen LogP contribution >= 0.6 is 0 Å². The third-order valence-electron chi connectivity index (χ3n) is 5.67. The number of amides is 2. The smallest absolute Gasteiger partial charge is 0.328 e. The maximum Gasteiger partial charge on any atom is 0.328 e. The molecule has 0 unspecified atom stereocenters. The average molecular weight is 464 g/mol. The lowest BCUT2D eigenvalue weighted by molar-refractivity contribution is -0.148. The minimum atomic E-state index is -0.879. The Hall–Kier alpha value is -4.21. The van der Waals surface area contributed by atoms with Crippen LogP contribution in [0.2, 0.25) is 0 Å². The maximum atomic E-state index is 12.6. The molecule has 34 heavy (non-hydrogen) atoms. The van der Waals surface area contributed by atoms with Gasteiger partial charge in [0.05, 0.1) is 22.0 Å². The van der Waals surface area contributed by atoms with E-state index < -0.39 is 36.1 Å². The molecule has 10 nitrogen and oxygen atoms in total. The van der Waals surface area contributed by atoms with Crippen molar-refractivity contribution in [3.8, 4) is 0 Å². The van der Waals surface area contributed by atoms with E-state index in [0.717, 1.165) is 30.4 Å². The van der Waals surface area contributed by atoms with Crippen molar-refractivity contribution in [3.05, 3.63) is 74.8 Å². The molecule has 0 atom stereocenters. The molecule has 1 aliphatic carbocycles. The van der Waals surface area contributed by atoms with Crippen molar-refractivity contribution in [1.29, 1.82) is 0 Å². The van der Waals surface area contributed by atoms with Gasteiger partial charge in [0.2, 0.25) is 0 Å². The van der Waals surface area contributed by atoms with Crippen molar-refractivity contribution in [3.63, 3.8) is 0 Å². The number of hydrogen-bond donors (Lipinski definition) is 3. The quantitative estimate of drug-likeness (QED) is 0.453. The van der Waals surface area contributed by atoms with Gasteiger partial charge >= 0.3 is 5.97 Å². The van der Waals surface area contributed by atoms with Crippen molar-refractivity contribution in [2.24, 2.45) is 0 Å². The lowest BCUT2D eigenvalue weighted by Gasteiger charge is -2.15. The number of para-hydroxylation sites is 1. The standard InChI is InChI=1S/C24H24N4O6/c29-20(26-19-12-6-5-11-18(19)22(31)25-15-7-1-2-8-15)14-34-21(30)13-28-24(33)17-10-4-3-9-16(17)23(32)27-28/h3-6,9-12,15H,1-2,7-8,13-14H2,(H,25,31)(H,26,29)(H,27,32). The molecule has 3 N–H and O–H groups in total. The fourth-order valence-electron chi connectivity index (χ4n) is 3.99. The van der Waals surface area contributed by atoms with Crippen LogP contribution in [-0.4, -0.2) is 40.2 Å². The molecule has 176 valence electrons. The first-order chi connectivity index (χ1) is 16.4. The van der Waals surface area contributed by atoms with E-state index in [9.17, 15) is 24.0 Å². The second kappa shape index (κ2) is 10.2. The first-order valence-electron chi connectivity index (χ1n) is 11.0. The fourth-order valence-corrected chi connectivity index (χ4v) is 3.99. The number of aromatic nitrogens is 2. The number of carbonyl (C=O) groups is 3. The number of carbonyl (C=O) groups excluding carboxylic acids is 3. The number of ether oxygens (including phenoxy) is 1. The highest BCUT2D eigenvalue weighted by atomic mass is 16.5. The molecule has 0 bridgehead atoms. The summed E-state index contributed by atoms with van der Waals surface area (Å²) in [6, 6.07) is 12.9. The van der Waals surface area contributed by atoms with Gasteiger partial charge in [0.15, 0.2) is 6.61 Å². The number of fused-ring (bicyclic) bond motifs is 1. The summed E-state index contributed by atoms with van der Waals surface area (Å²) >= 11 is 0. The van der Waals surface area contributed by atoms with Crippen molar-refractivity contribution in [2.45, 2.75) is 38.3 Å².